The lowest BCUT2D eigenvalue weighted by molar-refractivity contribution is -0.148. The Morgan fingerprint density at radius 3 is 2.44 bits per heavy atom. The van der Waals surface area contributed by atoms with Crippen molar-refractivity contribution in [3.8, 4) is 0 Å². The van der Waals surface area contributed by atoms with Crippen LogP contribution in [0.4, 0.5) is 5.69 Å². The van der Waals surface area contributed by atoms with E-state index in [0.29, 0.717) is 39.0 Å². The third kappa shape index (κ3) is 4.39. The van der Waals surface area contributed by atoms with Crippen molar-refractivity contribution in [2.24, 2.45) is 11.8 Å². The average Bonchev–Trinajstić information content (AvgIpc) is 3.23. The Labute approximate surface area is 241 Å². The number of amides is 3. The van der Waals surface area contributed by atoms with E-state index in [1.165, 1.54) is 0 Å². The first-order valence-electron chi connectivity index (χ1n) is 14.9. The van der Waals surface area contributed by atoms with Crippen molar-refractivity contribution in [3.63, 3.8) is 0 Å². The molecule has 2 saturated heterocycles. The van der Waals surface area contributed by atoms with E-state index in [1.807, 2.05) is 85.5 Å². The largest absolute Gasteiger partial charge is 0.396 e. The monoisotopic (exact) mass is 557 g/mol. The second-order valence-corrected chi connectivity index (χ2v) is 11.9. The number of aliphatic hydroxyl groups excluding tert-OH is 1. The van der Waals surface area contributed by atoms with Gasteiger partial charge < -0.3 is 24.5 Å². The number of fused-ring (bicyclic) bond motifs is 3. The second kappa shape index (κ2) is 10.7. The maximum Gasteiger partial charge on any atom is 0.253 e. The minimum atomic E-state index is -1.26. The Morgan fingerprint density at radius 1 is 0.878 bits per heavy atom. The summed E-state index contributed by atoms with van der Waals surface area (Å²) in [5.74, 6) is -2.03. The minimum absolute atomic E-state index is 0.0823. The van der Waals surface area contributed by atoms with Crippen LogP contribution in [0.1, 0.15) is 39.5 Å². The van der Waals surface area contributed by atoms with E-state index in [2.05, 4.69) is 0 Å². The number of carbonyl (C=O) groups is 3. The van der Waals surface area contributed by atoms with Crippen molar-refractivity contribution in [1.82, 2.24) is 9.80 Å². The van der Waals surface area contributed by atoms with Gasteiger partial charge >= 0.3 is 0 Å². The summed E-state index contributed by atoms with van der Waals surface area (Å²) in [6.07, 6.45) is 10.5. The zero-order chi connectivity index (χ0) is 28.8. The molecule has 0 aliphatic carbocycles. The van der Waals surface area contributed by atoms with E-state index >= 15 is 0 Å². The van der Waals surface area contributed by atoms with Crippen LogP contribution in [0.2, 0.25) is 0 Å². The fraction of sp³-hybridized carbons (Fsp3) is 0.485. The highest BCUT2D eigenvalue weighted by molar-refractivity contribution is 6.06. The summed E-state index contributed by atoms with van der Waals surface area (Å²) in [5.41, 5.74) is -1.51. The summed E-state index contributed by atoms with van der Waals surface area (Å²) in [6, 6.07) is 13.1. The molecule has 0 radical (unpaired) electrons. The van der Waals surface area contributed by atoms with Crippen LogP contribution < -0.4 is 4.90 Å². The number of unbranched alkanes of at least 4 members (excludes halogenated alkanes) is 2. The van der Waals surface area contributed by atoms with Crippen LogP contribution in [0.15, 0.2) is 66.8 Å². The van der Waals surface area contributed by atoms with E-state index in [0.717, 1.165) is 29.3 Å². The van der Waals surface area contributed by atoms with Crippen molar-refractivity contribution in [1.29, 1.82) is 0 Å². The van der Waals surface area contributed by atoms with E-state index in [1.54, 1.807) is 9.80 Å². The van der Waals surface area contributed by atoms with Crippen molar-refractivity contribution in [3.05, 3.63) is 66.8 Å². The van der Waals surface area contributed by atoms with Gasteiger partial charge in [-0.1, -0.05) is 61.6 Å². The molecule has 4 aliphatic rings. The molecule has 1 N–H and O–H groups in total. The van der Waals surface area contributed by atoms with Gasteiger partial charge in [-0.3, -0.25) is 14.4 Å². The number of hydrogen-bond donors (Lipinski definition) is 1. The van der Waals surface area contributed by atoms with Crippen LogP contribution in [0.5, 0.6) is 0 Å². The SMILES string of the molecule is CCCN1CC=C[C@]2(C)O[C@]34C=CCN(c5ccc6ccccc6c5)C(=O)C3N(CCCCCO)C(=O)[C@@H]4[C@@H]2C1=O. The van der Waals surface area contributed by atoms with Gasteiger partial charge in [0.15, 0.2) is 0 Å². The Kier molecular flexibility index (Phi) is 7.24. The molecule has 2 aromatic carbocycles. The van der Waals surface area contributed by atoms with E-state index in [9.17, 15) is 19.5 Å². The number of benzene rings is 2. The van der Waals surface area contributed by atoms with Crippen LogP contribution in [-0.4, -0.2) is 82.7 Å². The molecule has 41 heavy (non-hydrogen) atoms. The van der Waals surface area contributed by atoms with E-state index in [-0.39, 0.29) is 24.3 Å². The smallest absolute Gasteiger partial charge is 0.253 e. The predicted octanol–water partition coefficient (Wildman–Crippen LogP) is 3.68. The second-order valence-electron chi connectivity index (χ2n) is 11.9. The lowest BCUT2D eigenvalue weighted by atomic mass is 9.74. The fourth-order valence-electron chi connectivity index (χ4n) is 7.43. The fourth-order valence-corrected chi connectivity index (χ4v) is 7.43. The Bertz CT molecular complexity index is 1420. The molecule has 0 aromatic heterocycles. The summed E-state index contributed by atoms with van der Waals surface area (Å²) in [7, 11) is 0. The molecule has 4 aliphatic heterocycles. The molecule has 1 spiro atoms. The van der Waals surface area contributed by atoms with Gasteiger partial charge in [0.1, 0.15) is 11.6 Å². The normalized spacial score (nSPS) is 31.0. The Morgan fingerprint density at radius 2 is 1.66 bits per heavy atom. The third-order valence-corrected chi connectivity index (χ3v) is 9.24. The quantitative estimate of drug-likeness (QED) is 0.395. The molecule has 6 rings (SSSR count). The number of carbonyl (C=O) groups excluding carboxylic acids is 3. The van der Waals surface area contributed by atoms with Crippen molar-refractivity contribution >= 4 is 34.2 Å². The van der Waals surface area contributed by atoms with Crippen molar-refractivity contribution in [2.45, 2.75) is 56.8 Å². The number of likely N-dealkylation sites (tertiary alicyclic amines) is 1. The molecule has 216 valence electrons. The summed E-state index contributed by atoms with van der Waals surface area (Å²) in [5, 5.41) is 11.4. The standard InChI is InChI=1S/C33H39N3O5/c1-3-17-34-18-9-15-32(2)26(29(34)38)27-30(39)36(19-7-4-8-21-37)28-31(40)35(20-10-16-33(27,28)41-32)25-14-13-23-11-5-6-12-24(23)22-25/h5-6,9-16,22,26-28,37H,3-4,7-8,17-21H2,1-2H3/t26-,27+,28?,32+,33+/m1/s1. The maximum absolute atomic E-state index is 14.6. The summed E-state index contributed by atoms with van der Waals surface area (Å²) < 4.78 is 6.91. The molecule has 1 unspecified atom stereocenters. The van der Waals surface area contributed by atoms with Gasteiger partial charge in [0.2, 0.25) is 11.8 Å². The van der Waals surface area contributed by atoms with Gasteiger partial charge in [0, 0.05) is 38.5 Å². The van der Waals surface area contributed by atoms with Crippen LogP contribution >= 0.6 is 0 Å². The molecule has 2 aromatic rings. The molecule has 0 saturated carbocycles. The van der Waals surface area contributed by atoms with Crippen LogP contribution in [0, 0.1) is 11.8 Å². The lowest BCUT2D eigenvalue weighted by Crippen LogP contribution is -2.56. The van der Waals surface area contributed by atoms with Gasteiger partial charge in [0.05, 0.1) is 17.4 Å². The van der Waals surface area contributed by atoms with E-state index in [4.69, 9.17) is 4.74 Å². The highest BCUT2D eigenvalue weighted by Gasteiger charge is 2.74. The van der Waals surface area contributed by atoms with Gasteiger partial charge in [-0.05, 0) is 55.5 Å². The number of ether oxygens (including phenoxy) is 1. The first-order valence-corrected chi connectivity index (χ1v) is 14.9. The first kappa shape index (κ1) is 27.7. The maximum atomic E-state index is 14.6. The van der Waals surface area contributed by atoms with Crippen LogP contribution in [0.25, 0.3) is 10.8 Å². The number of rotatable bonds is 8. The average molecular weight is 558 g/mol. The van der Waals surface area contributed by atoms with Crippen LogP contribution in [0.3, 0.4) is 0 Å². The molecular formula is C33H39N3O5. The van der Waals surface area contributed by atoms with Gasteiger partial charge in [-0.15, -0.1) is 0 Å². The molecule has 8 heteroatoms. The van der Waals surface area contributed by atoms with Gasteiger partial charge in [0.25, 0.3) is 5.91 Å². The molecule has 3 amide bonds. The summed E-state index contributed by atoms with van der Waals surface area (Å²) in [6.45, 7) is 5.78. The van der Waals surface area contributed by atoms with Gasteiger partial charge in [-0.2, -0.15) is 0 Å². The molecule has 0 bridgehead atoms. The Hall–Kier alpha value is -3.49. The lowest BCUT2D eigenvalue weighted by Gasteiger charge is -2.37. The number of aliphatic hydroxyl groups is 1. The summed E-state index contributed by atoms with van der Waals surface area (Å²) >= 11 is 0. The first-order chi connectivity index (χ1) is 19.8. The van der Waals surface area contributed by atoms with Crippen molar-refractivity contribution in [2.75, 3.05) is 37.7 Å². The zero-order valence-corrected chi connectivity index (χ0v) is 23.9. The topological polar surface area (TPSA) is 90.4 Å². The minimum Gasteiger partial charge on any atom is -0.396 e. The molecule has 8 nitrogen and oxygen atoms in total. The number of nitrogens with zero attached hydrogens (tertiary/aromatic N) is 3. The molecular weight excluding hydrogens is 518 g/mol. The highest BCUT2D eigenvalue weighted by atomic mass is 16.5. The molecule has 2 fully saturated rings. The van der Waals surface area contributed by atoms with Crippen molar-refractivity contribution < 1.29 is 24.2 Å². The zero-order valence-electron chi connectivity index (χ0n) is 23.9. The Balaban J connectivity index is 1.43. The molecule has 4 heterocycles. The molecule has 5 atom stereocenters. The summed E-state index contributed by atoms with van der Waals surface area (Å²) in [4.78, 5) is 48.3. The predicted molar refractivity (Wildman–Crippen MR) is 157 cm³/mol. The van der Waals surface area contributed by atoms with Crippen LogP contribution in [-0.2, 0) is 19.1 Å². The number of anilines is 1. The number of hydrogen-bond acceptors (Lipinski definition) is 5. The third-order valence-electron chi connectivity index (χ3n) is 9.24. The van der Waals surface area contributed by atoms with Gasteiger partial charge in [-0.25, -0.2) is 0 Å². The van der Waals surface area contributed by atoms with E-state index < -0.39 is 29.1 Å². The highest BCUT2D eigenvalue weighted by Crippen LogP contribution is 2.57.